The monoisotopic (exact) mass is 335 g/mol. The minimum Gasteiger partial charge on any atom is -0.507 e. The van der Waals surface area contributed by atoms with E-state index in [9.17, 15) is 19.8 Å². The van der Waals surface area contributed by atoms with E-state index in [1.165, 1.54) is 7.11 Å². The smallest absolute Gasteiger partial charge is 0.343 e. The van der Waals surface area contributed by atoms with Gasteiger partial charge in [0.05, 0.1) is 12.7 Å². The van der Waals surface area contributed by atoms with E-state index in [2.05, 4.69) is 0 Å². The number of nitrogens with two attached hydrogens (primary N) is 1. The molecule has 24 heavy (non-hydrogen) atoms. The Kier molecular flexibility index (Phi) is 5.02. The third kappa shape index (κ3) is 3.15. The van der Waals surface area contributed by atoms with Crippen LogP contribution in [0.2, 0.25) is 0 Å². The number of carbonyl (C=O) groups excluding carboxylic acids is 2. The third-order valence-electron chi connectivity index (χ3n) is 4.06. The molecule has 1 aromatic rings. The van der Waals surface area contributed by atoms with Crippen LogP contribution in [0.15, 0.2) is 11.6 Å². The van der Waals surface area contributed by atoms with Gasteiger partial charge in [0, 0.05) is 12.0 Å². The van der Waals surface area contributed by atoms with Crippen molar-refractivity contribution in [3.05, 3.63) is 28.3 Å². The molecule has 7 nitrogen and oxygen atoms in total. The van der Waals surface area contributed by atoms with Crippen molar-refractivity contribution in [2.24, 2.45) is 5.73 Å². The van der Waals surface area contributed by atoms with Gasteiger partial charge in [-0.25, -0.2) is 4.79 Å². The molecule has 1 atom stereocenters. The first kappa shape index (κ1) is 17.7. The van der Waals surface area contributed by atoms with Crippen LogP contribution in [0.4, 0.5) is 0 Å². The van der Waals surface area contributed by atoms with Crippen molar-refractivity contribution in [1.82, 2.24) is 0 Å². The molecule has 1 aromatic carbocycles. The van der Waals surface area contributed by atoms with Gasteiger partial charge in [-0.3, -0.25) is 4.79 Å². The Hall–Kier alpha value is -2.70. The molecule has 0 radical (unpaired) electrons. The van der Waals surface area contributed by atoms with Crippen molar-refractivity contribution in [3.63, 3.8) is 0 Å². The van der Waals surface area contributed by atoms with Crippen molar-refractivity contribution in [1.29, 1.82) is 0 Å². The van der Waals surface area contributed by atoms with Crippen LogP contribution in [0.1, 0.15) is 54.3 Å². The van der Waals surface area contributed by atoms with E-state index >= 15 is 0 Å². The number of primary amides is 1. The fraction of sp³-hybridized carbons (Fsp3) is 0.412. The van der Waals surface area contributed by atoms with Gasteiger partial charge in [0.25, 0.3) is 0 Å². The molecule has 0 aromatic heterocycles. The summed E-state index contributed by atoms with van der Waals surface area (Å²) in [5.74, 6) is -1.43. The average molecular weight is 335 g/mol. The molecule has 1 aliphatic heterocycles. The second kappa shape index (κ2) is 6.82. The summed E-state index contributed by atoms with van der Waals surface area (Å²) in [6.45, 7) is 3.44. The van der Waals surface area contributed by atoms with Crippen LogP contribution in [0.3, 0.4) is 0 Å². The third-order valence-corrected chi connectivity index (χ3v) is 4.06. The Labute approximate surface area is 139 Å². The zero-order valence-electron chi connectivity index (χ0n) is 13.9. The standard InChI is InChI=1S/C17H21NO6/c1-8(5-7-11(18)19)4-6-10-14(20)13-12(9(2)24-17(13)22)15(21)16(10)23-3/h4,9,20-21H,5-7H2,1-3H3,(H2,18,19)/b8-4+. The Morgan fingerprint density at radius 1 is 1.33 bits per heavy atom. The number of phenolic OH excluding ortho intramolecular Hbond substituents is 2. The number of fused-ring (bicyclic) bond motifs is 1. The highest BCUT2D eigenvalue weighted by atomic mass is 16.5. The minimum absolute atomic E-state index is 0.0287. The van der Waals surface area contributed by atoms with Gasteiger partial charge >= 0.3 is 5.97 Å². The molecule has 1 amide bonds. The summed E-state index contributed by atoms with van der Waals surface area (Å²) < 4.78 is 10.3. The fourth-order valence-electron chi connectivity index (χ4n) is 2.76. The zero-order valence-corrected chi connectivity index (χ0v) is 13.9. The molecule has 0 bridgehead atoms. The summed E-state index contributed by atoms with van der Waals surface area (Å²) in [6.07, 6.45) is 2.08. The normalized spacial score (nSPS) is 16.7. The number of methoxy groups -OCH3 is 1. The number of aromatic hydroxyl groups is 2. The molecule has 0 spiro atoms. The van der Waals surface area contributed by atoms with Crippen molar-refractivity contribution < 1.29 is 29.3 Å². The highest BCUT2D eigenvalue weighted by molar-refractivity contribution is 5.99. The number of cyclic esters (lactones) is 1. The number of benzene rings is 1. The van der Waals surface area contributed by atoms with E-state index in [4.69, 9.17) is 15.2 Å². The van der Waals surface area contributed by atoms with Gasteiger partial charge in [0.15, 0.2) is 11.5 Å². The molecule has 0 fully saturated rings. The van der Waals surface area contributed by atoms with Crippen molar-refractivity contribution in [2.75, 3.05) is 7.11 Å². The molecule has 0 saturated carbocycles. The quantitative estimate of drug-likeness (QED) is 0.416. The molecule has 4 N–H and O–H groups in total. The second-order valence-corrected chi connectivity index (χ2v) is 5.77. The molecular weight excluding hydrogens is 314 g/mol. The first-order chi connectivity index (χ1) is 11.3. The van der Waals surface area contributed by atoms with Gasteiger partial charge in [-0.05, 0) is 26.7 Å². The summed E-state index contributed by atoms with van der Waals surface area (Å²) in [5.41, 5.74) is 6.50. The maximum absolute atomic E-state index is 11.9. The predicted molar refractivity (Wildman–Crippen MR) is 86.0 cm³/mol. The van der Waals surface area contributed by atoms with E-state index in [1.807, 2.05) is 6.92 Å². The van der Waals surface area contributed by atoms with Crippen LogP contribution in [-0.4, -0.2) is 29.2 Å². The van der Waals surface area contributed by atoms with E-state index in [0.717, 1.165) is 5.57 Å². The Morgan fingerprint density at radius 2 is 2.00 bits per heavy atom. The summed E-state index contributed by atoms with van der Waals surface area (Å²) in [6, 6.07) is 0. The number of phenols is 2. The Bertz CT molecular complexity index is 723. The summed E-state index contributed by atoms with van der Waals surface area (Å²) in [7, 11) is 1.37. The molecule has 0 aliphatic carbocycles. The van der Waals surface area contributed by atoms with Crippen molar-refractivity contribution in [3.8, 4) is 17.2 Å². The Balaban J connectivity index is 2.42. The number of allylic oxidation sites excluding steroid dienone is 2. The number of amides is 1. The fourth-order valence-corrected chi connectivity index (χ4v) is 2.76. The van der Waals surface area contributed by atoms with Crippen LogP contribution in [0, 0.1) is 0 Å². The van der Waals surface area contributed by atoms with E-state index < -0.39 is 18.0 Å². The Morgan fingerprint density at radius 3 is 2.58 bits per heavy atom. The number of hydrogen-bond acceptors (Lipinski definition) is 6. The summed E-state index contributed by atoms with van der Waals surface area (Å²) in [4.78, 5) is 22.7. The first-order valence-electron chi connectivity index (χ1n) is 7.57. The molecule has 1 aliphatic rings. The lowest BCUT2D eigenvalue weighted by atomic mass is 9.96. The maximum Gasteiger partial charge on any atom is 0.343 e. The zero-order chi connectivity index (χ0) is 18.0. The molecule has 0 saturated heterocycles. The molecule has 1 heterocycles. The largest absolute Gasteiger partial charge is 0.507 e. The van der Waals surface area contributed by atoms with Gasteiger partial charge in [0.1, 0.15) is 17.4 Å². The van der Waals surface area contributed by atoms with Crippen LogP contribution in [0.25, 0.3) is 0 Å². The van der Waals surface area contributed by atoms with Gasteiger partial charge in [-0.1, -0.05) is 11.6 Å². The topological polar surface area (TPSA) is 119 Å². The number of ether oxygens (including phenoxy) is 2. The molecular formula is C17H21NO6. The lowest BCUT2D eigenvalue weighted by Gasteiger charge is -2.15. The van der Waals surface area contributed by atoms with E-state index in [-0.39, 0.29) is 41.2 Å². The van der Waals surface area contributed by atoms with Crippen LogP contribution < -0.4 is 10.5 Å². The predicted octanol–water partition coefficient (Wildman–Crippen LogP) is 2.09. The van der Waals surface area contributed by atoms with Crippen LogP contribution in [0.5, 0.6) is 17.2 Å². The number of hydrogen-bond donors (Lipinski definition) is 3. The lowest BCUT2D eigenvalue weighted by molar-refractivity contribution is -0.117. The summed E-state index contributed by atoms with van der Waals surface area (Å²) >= 11 is 0. The highest BCUT2D eigenvalue weighted by Crippen LogP contribution is 2.49. The van der Waals surface area contributed by atoms with Crippen LogP contribution >= 0.6 is 0 Å². The average Bonchev–Trinajstić information content (AvgIpc) is 2.82. The van der Waals surface area contributed by atoms with E-state index in [1.54, 1.807) is 13.0 Å². The number of carbonyl (C=O) groups is 2. The molecule has 7 heteroatoms. The van der Waals surface area contributed by atoms with Crippen LogP contribution in [-0.2, 0) is 16.0 Å². The first-order valence-corrected chi connectivity index (χ1v) is 7.57. The summed E-state index contributed by atoms with van der Waals surface area (Å²) in [5, 5.41) is 20.9. The van der Waals surface area contributed by atoms with Crippen molar-refractivity contribution in [2.45, 2.75) is 39.2 Å². The molecule has 2 rings (SSSR count). The van der Waals surface area contributed by atoms with Crippen molar-refractivity contribution >= 4 is 11.9 Å². The van der Waals surface area contributed by atoms with Gasteiger partial charge in [-0.2, -0.15) is 0 Å². The van der Waals surface area contributed by atoms with Gasteiger partial charge in [-0.15, -0.1) is 0 Å². The SMILES string of the molecule is COc1c(O)c2c(c(O)c1C/C=C(\C)CCC(N)=O)C(=O)OC2C. The number of esters is 1. The van der Waals surface area contributed by atoms with Gasteiger partial charge in [0.2, 0.25) is 5.91 Å². The lowest BCUT2D eigenvalue weighted by Crippen LogP contribution is -2.09. The molecule has 1 unspecified atom stereocenters. The minimum atomic E-state index is -0.677. The highest BCUT2D eigenvalue weighted by Gasteiger charge is 2.37. The van der Waals surface area contributed by atoms with E-state index in [0.29, 0.717) is 12.0 Å². The van der Waals surface area contributed by atoms with Gasteiger partial charge < -0.3 is 25.4 Å². The second-order valence-electron chi connectivity index (χ2n) is 5.77. The maximum atomic E-state index is 11.9. The molecule has 130 valence electrons. The number of rotatable bonds is 6.